The maximum Gasteiger partial charge on any atom is 0.414 e. The zero-order valence-corrected chi connectivity index (χ0v) is 12.5. The second-order valence-electron chi connectivity index (χ2n) is 6.59. The highest BCUT2D eigenvalue weighted by Gasteiger charge is 2.43. The van der Waals surface area contributed by atoms with Gasteiger partial charge >= 0.3 is 6.09 Å². The molecule has 22 heavy (non-hydrogen) atoms. The molecule has 1 aromatic carbocycles. The largest absolute Gasteiger partial charge is 0.447 e. The van der Waals surface area contributed by atoms with E-state index in [-0.39, 0.29) is 17.9 Å². The molecule has 2 aliphatic carbocycles. The molecule has 3 atom stereocenters. The summed E-state index contributed by atoms with van der Waals surface area (Å²) in [6, 6.07) is 7.44. The number of fused-ring (bicyclic) bond motifs is 2. The molecule has 0 aromatic heterocycles. The van der Waals surface area contributed by atoms with E-state index >= 15 is 0 Å². The summed E-state index contributed by atoms with van der Waals surface area (Å²) in [6.45, 7) is 0.975. The monoisotopic (exact) mass is 300 g/mol. The van der Waals surface area contributed by atoms with Gasteiger partial charge < -0.3 is 10.1 Å². The van der Waals surface area contributed by atoms with Crippen molar-refractivity contribution in [1.82, 2.24) is 0 Å². The van der Waals surface area contributed by atoms with Gasteiger partial charge in [0, 0.05) is 17.3 Å². The summed E-state index contributed by atoms with van der Waals surface area (Å²) in [4.78, 5) is 25.7. The predicted octanol–water partition coefficient (Wildman–Crippen LogP) is 3.02. The van der Waals surface area contributed by atoms with Crippen molar-refractivity contribution in [2.45, 2.75) is 25.7 Å². The molecular weight excluding hydrogens is 280 g/mol. The minimum absolute atomic E-state index is 0.133. The van der Waals surface area contributed by atoms with E-state index in [1.165, 1.54) is 19.3 Å². The van der Waals surface area contributed by atoms with Gasteiger partial charge in [-0.1, -0.05) is 12.5 Å². The second-order valence-corrected chi connectivity index (χ2v) is 6.59. The summed E-state index contributed by atoms with van der Waals surface area (Å²) < 4.78 is 4.96. The first kappa shape index (κ1) is 13.6. The van der Waals surface area contributed by atoms with E-state index in [1.54, 1.807) is 4.90 Å². The highest BCUT2D eigenvalue weighted by molar-refractivity contribution is 5.95. The van der Waals surface area contributed by atoms with Crippen molar-refractivity contribution in [3.05, 3.63) is 24.3 Å². The normalized spacial score (nSPS) is 29.7. The Morgan fingerprint density at radius 2 is 2.18 bits per heavy atom. The number of carbonyl (C=O) groups excluding carboxylic acids is 2. The van der Waals surface area contributed by atoms with Gasteiger partial charge in [0.15, 0.2) is 0 Å². The molecule has 0 spiro atoms. The molecular formula is C17H20N2O3. The molecule has 2 amide bonds. The van der Waals surface area contributed by atoms with Gasteiger partial charge in [-0.15, -0.1) is 0 Å². The van der Waals surface area contributed by atoms with Gasteiger partial charge in [0.25, 0.3) is 0 Å². The van der Waals surface area contributed by atoms with Crippen LogP contribution in [0.25, 0.3) is 0 Å². The van der Waals surface area contributed by atoms with Crippen molar-refractivity contribution in [2.75, 3.05) is 23.4 Å². The van der Waals surface area contributed by atoms with Gasteiger partial charge in [-0.25, -0.2) is 4.79 Å². The van der Waals surface area contributed by atoms with Crippen LogP contribution in [0.2, 0.25) is 0 Å². The van der Waals surface area contributed by atoms with E-state index in [9.17, 15) is 9.59 Å². The number of rotatable bonds is 3. The third kappa shape index (κ3) is 2.34. The molecule has 4 rings (SSSR count). The van der Waals surface area contributed by atoms with Crippen LogP contribution in [0.1, 0.15) is 25.7 Å². The fraction of sp³-hybridized carbons (Fsp3) is 0.529. The summed E-state index contributed by atoms with van der Waals surface area (Å²) >= 11 is 0. The smallest absolute Gasteiger partial charge is 0.414 e. The molecule has 3 fully saturated rings. The van der Waals surface area contributed by atoms with E-state index in [0.717, 1.165) is 23.7 Å². The van der Waals surface area contributed by atoms with E-state index in [0.29, 0.717) is 19.1 Å². The van der Waals surface area contributed by atoms with Crippen LogP contribution in [0, 0.1) is 17.8 Å². The summed E-state index contributed by atoms with van der Waals surface area (Å²) in [5, 5.41) is 3.03. The molecule has 3 unspecified atom stereocenters. The average Bonchev–Trinajstić information content (AvgIpc) is 3.23. The Morgan fingerprint density at radius 3 is 2.86 bits per heavy atom. The molecule has 116 valence electrons. The Kier molecular flexibility index (Phi) is 3.28. The number of nitrogens with zero attached hydrogens (tertiary/aromatic N) is 1. The number of anilines is 2. The van der Waals surface area contributed by atoms with Gasteiger partial charge in [0.2, 0.25) is 5.91 Å². The lowest BCUT2D eigenvalue weighted by atomic mass is 9.88. The van der Waals surface area contributed by atoms with Crippen LogP contribution in [-0.4, -0.2) is 25.2 Å². The maximum absolute atomic E-state index is 12.5. The number of benzene rings is 1. The van der Waals surface area contributed by atoms with E-state index < -0.39 is 0 Å². The molecule has 1 aromatic rings. The SMILES string of the molecule is O=C(Nc1cccc(N2CCOC2=O)c1)C1CC2CCC1C2. The Bertz CT molecular complexity index is 616. The lowest BCUT2D eigenvalue weighted by molar-refractivity contribution is -0.121. The molecule has 0 radical (unpaired) electrons. The number of carbonyl (C=O) groups is 2. The first-order chi connectivity index (χ1) is 10.7. The molecule has 5 heteroatoms. The van der Waals surface area contributed by atoms with Crippen molar-refractivity contribution in [1.29, 1.82) is 0 Å². The van der Waals surface area contributed by atoms with E-state index in [4.69, 9.17) is 4.74 Å². The average molecular weight is 300 g/mol. The molecule has 2 saturated carbocycles. The van der Waals surface area contributed by atoms with E-state index in [1.807, 2.05) is 24.3 Å². The molecule has 1 N–H and O–H groups in total. The first-order valence-corrected chi connectivity index (χ1v) is 8.06. The second kappa shape index (κ2) is 5.30. The molecule has 3 aliphatic rings. The Labute approximate surface area is 129 Å². The van der Waals surface area contributed by atoms with Crippen molar-refractivity contribution in [3.63, 3.8) is 0 Å². The minimum Gasteiger partial charge on any atom is -0.447 e. The zero-order chi connectivity index (χ0) is 15.1. The van der Waals surface area contributed by atoms with Gasteiger partial charge in [-0.05, 0) is 49.3 Å². The number of nitrogens with one attached hydrogen (secondary N) is 1. The highest BCUT2D eigenvalue weighted by Crippen LogP contribution is 2.48. The quantitative estimate of drug-likeness (QED) is 0.933. The molecule has 2 bridgehead atoms. The van der Waals surface area contributed by atoms with Crippen LogP contribution in [-0.2, 0) is 9.53 Å². The number of hydrogen-bond donors (Lipinski definition) is 1. The topological polar surface area (TPSA) is 58.6 Å². The van der Waals surface area contributed by atoms with Crippen LogP contribution < -0.4 is 10.2 Å². The van der Waals surface area contributed by atoms with Crippen LogP contribution in [0.5, 0.6) is 0 Å². The fourth-order valence-corrected chi connectivity index (χ4v) is 4.18. The van der Waals surface area contributed by atoms with Gasteiger partial charge in [-0.2, -0.15) is 0 Å². The number of ether oxygens (including phenoxy) is 1. The van der Waals surface area contributed by atoms with Crippen LogP contribution >= 0.6 is 0 Å². The standard InChI is InChI=1S/C17H20N2O3/c20-16(15-9-11-4-5-12(15)8-11)18-13-2-1-3-14(10-13)19-6-7-22-17(19)21/h1-3,10-12,15H,4-9H2,(H,18,20). The maximum atomic E-state index is 12.5. The predicted molar refractivity (Wildman–Crippen MR) is 82.7 cm³/mol. The van der Waals surface area contributed by atoms with Crippen molar-refractivity contribution < 1.29 is 14.3 Å². The van der Waals surface area contributed by atoms with Crippen molar-refractivity contribution in [2.24, 2.45) is 17.8 Å². The Balaban J connectivity index is 1.46. The summed E-state index contributed by atoms with van der Waals surface area (Å²) in [7, 11) is 0. The third-order valence-electron chi connectivity index (χ3n) is 5.26. The lowest BCUT2D eigenvalue weighted by Crippen LogP contribution is -2.27. The van der Waals surface area contributed by atoms with Gasteiger partial charge in [0.1, 0.15) is 6.61 Å². The van der Waals surface area contributed by atoms with Crippen LogP contribution in [0.15, 0.2) is 24.3 Å². The lowest BCUT2D eigenvalue weighted by Gasteiger charge is -2.21. The molecule has 5 nitrogen and oxygen atoms in total. The van der Waals surface area contributed by atoms with Crippen molar-refractivity contribution in [3.8, 4) is 0 Å². The number of amides is 2. The molecule has 1 saturated heterocycles. The summed E-state index contributed by atoms with van der Waals surface area (Å²) in [5.41, 5.74) is 1.53. The van der Waals surface area contributed by atoms with Gasteiger partial charge in [-0.3, -0.25) is 9.69 Å². The Morgan fingerprint density at radius 1 is 1.27 bits per heavy atom. The fourth-order valence-electron chi connectivity index (χ4n) is 4.18. The highest BCUT2D eigenvalue weighted by atomic mass is 16.6. The Hall–Kier alpha value is -2.04. The zero-order valence-electron chi connectivity index (χ0n) is 12.5. The minimum atomic E-state index is -0.323. The van der Waals surface area contributed by atoms with Crippen LogP contribution in [0.3, 0.4) is 0 Å². The summed E-state index contributed by atoms with van der Waals surface area (Å²) in [5.74, 6) is 1.63. The van der Waals surface area contributed by atoms with E-state index in [2.05, 4.69) is 5.32 Å². The van der Waals surface area contributed by atoms with Gasteiger partial charge in [0.05, 0.1) is 6.54 Å². The number of hydrogen-bond acceptors (Lipinski definition) is 3. The third-order valence-corrected chi connectivity index (χ3v) is 5.26. The molecule has 1 heterocycles. The van der Waals surface area contributed by atoms with Crippen molar-refractivity contribution >= 4 is 23.4 Å². The number of cyclic esters (lactones) is 1. The summed E-state index contributed by atoms with van der Waals surface area (Å²) in [6.07, 6.45) is 4.42. The van der Waals surface area contributed by atoms with Crippen LogP contribution in [0.4, 0.5) is 16.2 Å². The molecule has 1 aliphatic heterocycles. The first-order valence-electron chi connectivity index (χ1n) is 8.06.